The van der Waals surface area contributed by atoms with Crippen LogP contribution >= 0.6 is 11.3 Å². The Morgan fingerprint density at radius 3 is 2.48 bits per heavy atom. The van der Waals surface area contributed by atoms with Crippen LogP contribution in [0.1, 0.15) is 31.3 Å². The molecule has 118 valence electrons. The fourth-order valence-corrected chi connectivity index (χ4v) is 4.07. The molecule has 0 saturated heterocycles. The quantitative estimate of drug-likeness (QED) is 0.744. The average molecular weight is 335 g/mol. The maximum Gasteiger partial charge on any atom is 0.356 e. The van der Waals surface area contributed by atoms with E-state index in [4.69, 9.17) is 5.11 Å². The van der Waals surface area contributed by atoms with E-state index >= 15 is 0 Å². The van der Waals surface area contributed by atoms with Gasteiger partial charge in [0.25, 0.3) is 10.0 Å². The van der Waals surface area contributed by atoms with Crippen LogP contribution in [0.3, 0.4) is 0 Å². The molecule has 1 aromatic rings. The monoisotopic (exact) mass is 335 g/mol. The van der Waals surface area contributed by atoms with Gasteiger partial charge in [-0.2, -0.15) is 4.72 Å². The lowest BCUT2D eigenvalue weighted by Gasteiger charge is -2.23. The van der Waals surface area contributed by atoms with Crippen LogP contribution in [0.4, 0.5) is 0 Å². The highest BCUT2D eigenvalue weighted by Gasteiger charge is 2.30. The van der Waals surface area contributed by atoms with Crippen molar-refractivity contribution in [2.45, 2.75) is 31.0 Å². The molecule has 1 aromatic heterocycles. The van der Waals surface area contributed by atoms with E-state index in [0.717, 1.165) is 5.51 Å². The number of carbonyl (C=O) groups is 2. The minimum atomic E-state index is -4.11. The molecule has 8 nitrogen and oxygen atoms in total. The van der Waals surface area contributed by atoms with E-state index in [1.165, 1.54) is 11.8 Å². The number of aromatic carboxylic acids is 1. The van der Waals surface area contributed by atoms with Crippen LogP contribution in [0.5, 0.6) is 0 Å². The summed E-state index contributed by atoms with van der Waals surface area (Å²) in [7, 11) is -4.11. The number of likely N-dealkylation sites (N-methyl/N-ethyl adjacent to an activating group) is 1. The number of aromatic nitrogens is 1. The van der Waals surface area contributed by atoms with E-state index in [2.05, 4.69) is 9.71 Å². The number of thiazole rings is 1. The summed E-state index contributed by atoms with van der Waals surface area (Å²) in [6.45, 7) is 5.91. The van der Waals surface area contributed by atoms with Gasteiger partial charge in [-0.05, 0) is 20.8 Å². The first kappa shape index (κ1) is 17.5. The Balaban J connectivity index is 2.97. The van der Waals surface area contributed by atoms with Gasteiger partial charge >= 0.3 is 5.97 Å². The van der Waals surface area contributed by atoms with E-state index in [-0.39, 0.29) is 5.91 Å². The lowest BCUT2D eigenvalue weighted by Crippen LogP contribution is -2.46. The molecule has 1 rings (SSSR count). The summed E-state index contributed by atoms with van der Waals surface area (Å²) in [5.74, 6) is -1.80. The number of carbonyl (C=O) groups excluding carboxylic acids is 1. The third-order valence-electron chi connectivity index (χ3n) is 2.76. The van der Waals surface area contributed by atoms with Crippen molar-refractivity contribution in [2.75, 3.05) is 13.1 Å². The highest BCUT2D eigenvalue weighted by atomic mass is 32.2. The number of carboxylic acids is 1. The zero-order valence-electron chi connectivity index (χ0n) is 11.9. The van der Waals surface area contributed by atoms with Crippen molar-refractivity contribution in [1.29, 1.82) is 0 Å². The van der Waals surface area contributed by atoms with Gasteiger partial charge in [0, 0.05) is 13.1 Å². The zero-order chi connectivity index (χ0) is 16.2. The maximum atomic E-state index is 12.2. The molecule has 0 spiro atoms. The largest absolute Gasteiger partial charge is 0.476 e. The normalized spacial score (nSPS) is 12.9. The Morgan fingerprint density at radius 2 is 2.00 bits per heavy atom. The number of carboxylic acid groups (broad SMARTS) is 1. The fraction of sp³-hybridized carbons (Fsp3) is 0.545. The molecular weight excluding hydrogens is 318 g/mol. The molecule has 2 N–H and O–H groups in total. The van der Waals surface area contributed by atoms with Crippen LogP contribution in [-0.2, 0) is 14.8 Å². The van der Waals surface area contributed by atoms with Gasteiger partial charge in [0.1, 0.15) is 0 Å². The van der Waals surface area contributed by atoms with Gasteiger partial charge in [0.15, 0.2) is 9.90 Å². The Bertz CT molecular complexity index is 622. The second-order valence-electron chi connectivity index (χ2n) is 4.15. The van der Waals surface area contributed by atoms with Crippen LogP contribution < -0.4 is 4.72 Å². The van der Waals surface area contributed by atoms with Crippen LogP contribution in [0.25, 0.3) is 0 Å². The molecule has 0 radical (unpaired) electrons. The predicted molar refractivity (Wildman–Crippen MR) is 76.8 cm³/mol. The van der Waals surface area contributed by atoms with Gasteiger partial charge in [-0.25, -0.2) is 18.2 Å². The molecule has 0 aliphatic heterocycles. The van der Waals surface area contributed by atoms with Gasteiger partial charge in [-0.1, -0.05) is 0 Å². The molecule has 1 unspecified atom stereocenters. The van der Waals surface area contributed by atoms with E-state index < -0.39 is 31.9 Å². The topological polar surface area (TPSA) is 117 Å². The predicted octanol–water partition coefficient (Wildman–Crippen LogP) is 0.376. The minimum Gasteiger partial charge on any atom is -0.476 e. The van der Waals surface area contributed by atoms with Crippen LogP contribution in [-0.4, -0.2) is 54.4 Å². The second-order valence-corrected chi connectivity index (χ2v) is 6.91. The molecule has 1 heterocycles. The number of rotatable bonds is 7. The smallest absolute Gasteiger partial charge is 0.356 e. The Hall–Kier alpha value is -1.52. The summed E-state index contributed by atoms with van der Waals surface area (Å²) in [6.07, 6.45) is 0. The summed E-state index contributed by atoms with van der Waals surface area (Å²) < 4.78 is 26.1. The number of sulfonamides is 1. The van der Waals surface area contributed by atoms with Gasteiger partial charge in [0.2, 0.25) is 5.91 Å². The Labute approximate surface area is 126 Å². The van der Waals surface area contributed by atoms with Crippen LogP contribution in [0.15, 0.2) is 9.72 Å². The third-order valence-corrected chi connectivity index (χ3v) is 5.67. The molecule has 21 heavy (non-hydrogen) atoms. The van der Waals surface area contributed by atoms with Crippen molar-refractivity contribution >= 4 is 33.2 Å². The summed E-state index contributed by atoms with van der Waals surface area (Å²) in [5.41, 5.74) is 0.588. The van der Waals surface area contributed by atoms with E-state index in [1.807, 2.05) is 0 Å². The summed E-state index contributed by atoms with van der Waals surface area (Å²) in [6, 6.07) is -0.987. The molecule has 0 fully saturated rings. The number of hydrogen-bond donors (Lipinski definition) is 2. The zero-order valence-corrected chi connectivity index (χ0v) is 13.5. The maximum absolute atomic E-state index is 12.2. The molecule has 1 atom stereocenters. The SMILES string of the molecule is CCN(CC)C(=O)C(C)NS(=O)(=O)c1scnc1C(=O)O. The molecule has 10 heteroatoms. The van der Waals surface area contributed by atoms with Crippen molar-refractivity contribution < 1.29 is 23.1 Å². The molecule has 0 aromatic carbocycles. The fourth-order valence-electron chi connectivity index (χ4n) is 1.71. The van der Waals surface area contributed by atoms with Gasteiger partial charge in [-0.3, -0.25) is 4.79 Å². The molecule has 0 aliphatic rings. The standard InChI is InChI=1S/C11H17N3O5S2/c1-4-14(5-2)9(15)7(3)13-21(18,19)11-8(10(16)17)12-6-20-11/h6-7,13H,4-5H2,1-3H3,(H,16,17). The average Bonchev–Trinajstić information content (AvgIpc) is 2.89. The molecular formula is C11H17N3O5S2. The van der Waals surface area contributed by atoms with E-state index in [1.54, 1.807) is 13.8 Å². The molecule has 0 bridgehead atoms. The second kappa shape index (κ2) is 6.96. The number of nitrogens with zero attached hydrogens (tertiary/aromatic N) is 2. The first-order valence-electron chi connectivity index (χ1n) is 6.22. The molecule has 1 amide bonds. The first-order valence-corrected chi connectivity index (χ1v) is 8.58. The van der Waals surface area contributed by atoms with Gasteiger partial charge in [-0.15, -0.1) is 11.3 Å². The third kappa shape index (κ3) is 3.99. The summed E-state index contributed by atoms with van der Waals surface area (Å²) >= 11 is 0.691. The van der Waals surface area contributed by atoms with Crippen LogP contribution in [0.2, 0.25) is 0 Å². The minimum absolute atomic E-state index is 0.370. The first-order chi connectivity index (χ1) is 9.74. The highest BCUT2D eigenvalue weighted by Crippen LogP contribution is 2.20. The van der Waals surface area contributed by atoms with Crippen molar-refractivity contribution in [3.63, 3.8) is 0 Å². The molecule has 0 saturated carbocycles. The Morgan fingerprint density at radius 1 is 1.43 bits per heavy atom. The van der Waals surface area contributed by atoms with Crippen molar-refractivity contribution in [1.82, 2.24) is 14.6 Å². The summed E-state index contributed by atoms with van der Waals surface area (Å²) in [5, 5.41) is 8.90. The van der Waals surface area contributed by atoms with Gasteiger partial charge in [0.05, 0.1) is 11.6 Å². The van der Waals surface area contributed by atoms with E-state index in [9.17, 15) is 18.0 Å². The van der Waals surface area contributed by atoms with Crippen molar-refractivity contribution in [3.8, 4) is 0 Å². The van der Waals surface area contributed by atoms with E-state index in [0.29, 0.717) is 24.4 Å². The van der Waals surface area contributed by atoms with Gasteiger partial charge < -0.3 is 10.0 Å². The summed E-state index contributed by atoms with van der Waals surface area (Å²) in [4.78, 5) is 28.0. The lowest BCUT2D eigenvalue weighted by atomic mass is 10.3. The van der Waals surface area contributed by atoms with Crippen molar-refractivity contribution in [3.05, 3.63) is 11.2 Å². The van der Waals surface area contributed by atoms with Crippen LogP contribution in [0, 0.1) is 0 Å². The number of hydrogen-bond acceptors (Lipinski definition) is 6. The molecule has 0 aliphatic carbocycles. The highest BCUT2D eigenvalue weighted by molar-refractivity contribution is 7.91. The van der Waals surface area contributed by atoms with Crippen molar-refractivity contribution in [2.24, 2.45) is 0 Å². The number of amides is 1. The number of nitrogens with one attached hydrogen (secondary N) is 1. The lowest BCUT2D eigenvalue weighted by molar-refractivity contribution is -0.132. The Kier molecular flexibility index (Phi) is 5.81.